The van der Waals surface area contributed by atoms with Gasteiger partial charge in [-0.1, -0.05) is 30.7 Å². The number of para-hydroxylation sites is 2. The molecule has 0 fully saturated rings. The Kier molecular flexibility index (Phi) is 5.24. The molecule has 0 aromatic heterocycles. The van der Waals surface area contributed by atoms with Crippen molar-refractivity contribution >= 4 is 34.8 Å². The molecule has 5 nitrogen and oxygen atoms in total. The maximum atomic E-state index is 12.6. The summed E-state index contributed by atoms with van der Waals surface area (Å²) in [7, 11) is 0. The number of carbonyl (C=O) groups excluding carboxylic acids is 2. The minimum atomic E-state index is -0.505. The van der Waals surface area contributed by atoms with Crippen molar-refractivity contribution in [3.8, 4) is 5.75 Å². The van der Waals surface area contributed by atoms with Crippen molar-refractivity contribution in [3.05, 3.63) is 53.6 Å². The highest BCUT2D eigenvalue weighted by atomic mass is 35.5. The van der Waals surface area contributed by atoms with Crippen LogP contribution < -0.4 is 15.0 Å². The van der Waals surface area contributed by atoms with E-state index in [-0.39, 0.29) is 18.2 Å². The summed E-state index contributed by atoms with van der Waals surface area (Å²) >= 11 is 5.83. The number of nitrogens with zero attached hydrogens (tertiary/aromatic N) is 1. The third-order valence-electron chi connectivity index (χ3n) is 4.03. The van der Waals surface area contributed by atoms with E-state index < -0.39 is 6.10 Å². The number of fused-ring (bicyclic) bond motifs is 1. The van der Waals surface area contributed by atoms with Crippen LogP contribution in [0.1, 0.15) is 19.8 Å². The molecule has 2 aromatic carbocycles. The number of halogens is 1. The average Bonchev–Trinajstić information content (AvgIpc) is 2.62. The van der Waals surface area contributed by atoms with E-state index in [2.05, 4.69) is 5.32 Å². The standard InChI is InChI=1S/C19H19ClN2O3/c1-2-16-19(24)22(15-5-3-4-6-17(15)25-16)12-11-18(23)21-14-9-7-13(20)8-10-14/h3-10,16H,2,11-12H2,1H3,(H,21,23). The highest BCUT2D eigenvalue weighted by molar-refractivity contribution is 6.30. The van der Waals surface area contributed by atoms with Gasteiger partial charge in [-0.3, -0.25) is 9.59 Å². The Balaban J connectivity index is 1.67. The van der Waals surface area contributed by atoms with E-state index in [4.69, 9.17) is 16.3 Å². The van der Waals surface area contributed by atoms with Crippen molar-refractivity contribution in [1.29, 1.82) is 0 Å². The molecule has 6 heteroatoms. The van der Waals surface area contributed by atoms with Gasteiger partial charge in [0, 0.05) is 23.7 Å². The molecule has 130 valence electrons. The Bertz CT molecular complexity index is 776. The fourth-order valence-corrected chi connectivity index (χ4v) is 2.86. The summed E-state index contributed by atoms with van der Waals surface area (Å²) < 4.78 is 5.73. The largest absolute Gasteiger partial charge is 0.478 e. The molecular weight excluding hydrogens is 340 g/mol. The zero-order valence-corrected chi connectivity index (χ0v) is 14.6. The fraction of sp³-hybridized carbons (Fsp3) is 0.263. The first-order valence-corrected chi connectivity index (χ1v) is 8.58. The Hall–Kier alpha value is -2.53. The number of anilines is 2. The van der Waals surface area contributed by atoms with Crippen LogP contribution in [0.4, 0.5) is 11.4 Å². The first-order valence-electron chi connectivity index (χ1n) is 8.21. The average molecular weight is 359 g/mol. The van der Waals surface area contributed by atoms with E-state index >= 15 is 0 Å². The number of nitrogens with one attached hydrogen (secondary N) is 1. The van der Waals surface area contributed by atoms with Crippen LogP contribution in [0, 0.1) is 0 Å². The second-order valence-electron chi connectivity index (χ2n) is 5.78. The summed E-state index contributed by atoms with van der Waals surface area (Å²) in [5.74, 6) is 0.402. The molecule has 0 spiro atoms. The van der Waals surface area contributed by atoms with Gasteiger partial charge in [0.2, 0.25) is 5.91 Å². The van der Waals surface area contributed by atoms with E-state index in [1.165, 1.54) is 0 Å². The van der Waals surface area contributed by atoms with Crippen LogP contribution in [-0.4, -0.2) is 24.5 Å². The molecule has 0 radical (unpaired) electrons. The molecule has 1 aliphatic heterocycles. The summed E-state index contributed by atoms with van der Waals surface area (Å²) in [5, 5.41) is 3.42. The Morgan fingerprint density at radius 1 is 1.20 bits per heavy atom. The number of amides is 2. The molecule has 0 saturated carbocycles. The van der Waals surface area contributed by atoms with Crippen LogP contribution in [0.25, 0.3) is 0 Å². The fourth-order valence-electron chi connectivity index (χ4n) is 2.73. The van der Waals surface area contributed by atoms with Gasteiger partial charge in [-0.25, -0.2) is 0 Å². The Morgan fingerprint density at radius 3 is 2.64 bits per heavy atom. The van der Waals surface area contributed by atoms with Gasteiger partial charge in [0.1, 0.15) is 5.75 Å². The molecule has 1 heterocycles. The molecule has 2 aromatic rings. The highest BCUT2D eigenvalue weighted by Gasteiger charge is 2.33. The number of rotatable bonds is 5. The first-order chi connectivity index (χ1) is 12.1. The molecule has 25 heavy (non-hydrogen) atoms. The molecule has 1 atom stereocenters. The quantitative estimate of drug-likeness (QED) is 0.882. The van der Waals surface area contributed by atoms with Crippen molar-refractivity contribution in [1.82, 2.24) is 0 Å². The van der Waals surface area contributed by atoms with E-state index in [9.17, 15) is 9.59 Å². The van der Waals surface area contributed by atoms with Crippen molar-refractivity contribution in [2.45, 2.75) is 25.9 Å². The molecular formula is C19H19ClN2O3. The van der Waals surface area contributed by atoms with Crippen molar-refractivity contribution in [2.75, 3.05) is 16.8 Å². The third kappa shape index (κ3) is 3.94. The number of ether oxygens (including phenoxy) is 1. The van der Waals surface area contributed by atoms with E-state index in [1.807, 2.05) is 31.2 Å². The normalized spacial score (nSPS) is 16.2. The monoisotopic (exact) mass is 358 g/mol. The SMILES string of the molecule is CCC1Oc2ccccc2N(CCC(=O)Nc2ccc(Cl)cc2)C1=O. The van der Waals surface area contributed by atoms with Crippen LogP contribution >= 0.6 is 11.6 Å². The summed E-state index contributed by atoms with van der Waals surface area (Å²) in [4.78, 5) is 26.4. The van der Waals surface area contributed by atoms with Gasteiger partial charge in [0.15, 0.2) is 6.10 Å². The molecule has 1 N–H and O–H groups in total. The van der Waals surface area contributed by atoms with Gasteiger partial charge < -0.3 is 15.0 Å². The minimum absolute atomic E-state index is 0.111. The summed E-state index contributed by atoms with van der Waals surface area (Å²) in [6.07, 6.45) is 0.272. The van der Waals surface area contributed by atoms with E-state index in [1.54, 1.807) is 29.2 Å². The third-order valence-corrected chi connectivity index (χ3v) is 4.28. The molecule has 0 aliphatic carbocycles. The van der Waals surface area contributed by atoms with Gasteiger partial charge in [0.05, 0.1) is 5.69 Å². The second kappa shape index (κ2) is 7.57. The zero-order chi connectivity index (χ0) is 17.8. The van der Waals surface area contributed by atoms with Crippen LogP contribution in [0.3, 0.4) is 0 Å². The van der Waals surface area contributed by atoms with Gasteiger partial charge in [0.25, 0.3) is 5.91 Å². The van der Waals surface area contributed by atoms with Gasteiger partial charge in [-0.15, -0.1) is 0 Å². The summed E-state index contributed by atoms with van der Waals surface area (Å²) in [6, 6.07) is 14.3. The van der Waals surface area contributed by atoms with Gasteiger partial charge >= 0.3 is 0 Å². The molecule has 2 amide bonds. The second-order valence-corrected chi connectivity index (χ2v) is 6.21. The predicted molar refractivity (Wildman–Crippen MR) is 98.2 cm³/mol. The summed E-state index contributed by atoms with van der Waals surface area (Å²) in [5.41, 5.74) is 1.38. The topological polar surface area (TPSA) is 58.6 Å². The highest BCUT2D eigenvalue weighted by Crippen LogP contribution is 2.34. The Labute approximate surface area is 151 Å². The van der Waals surface area contributed by atoms with Crippen LogP contribution in [0.2, 0.25) is 5.02 Å². The maximum absolute atomic E-state index is 12.6. The minimum Gasteiger partial charge on any atom is -0.478 e. The van der Waals surface area contributed by atoms with E-state index in [0.29, 0.717) is 35.1 Å². The predicted octanol–water partition coefficient (Wildman–Crippen LogP) is 3.87. The van der Waals surface area contributed by atoms with Gasteiger partial charge in [-0.05, 0) is 42.8 Å². The number of carbonyl (C=O) groups is 2. The van der Waals surface area contributed by atoms with Crippen molar-refractivity contribution < 1.29 is 14.3 Å². The van der Waals surface area contributed by atoms with Crippen LogP contribution in [0.5, 0.6) is 5.75 Å². The lowest BCUT2D eigenvalue weighted by Gasteiger charge is -2.33. The number of hydrogen-bond acceptors (Lipinski definition) is 3. The summed E-state index contributed by atoms with van der Waals surface area (Å²) in [6.45, 7) is 2.21. The van der Waals surface area contributed by atoms with E-state index in [0.717, 1.165) is 0 Å². The number of hydrogen-bond donors (Lipinski definition) is 1. The number of benzene rings is 2. The lowest BCUT2D eigenvalue weighted by atomic mass is 10.1. The lowest BCUT2D eigenvalue weighted by Crippen LogP contribution is -2.46. The lowest BCUT2D eigenvalue weighted by molar-refractivity contribution is -0.126. The molecule has 0 saturated heterocycles. The van der Waals surface area contributed by atoms with Crippen molar-refractivity contribution in [2.24, 2.45) is 0 Å². The molecule has 1 unspecified atom stereocenters. The smallest absolute Gasteiger partial charge is 0.268 e. The molecule has 1 aliphatic rings. The molecule has 0 bridgehead atoms. The first kappa shape index (κ1) is 17.3. The van der Waals surface area contributed by atoms with Crippen LogP contribution in [-0.2, 0) is 9.59 Å². The maximum Gasteiger partial charge on any atom is 0.268 e. The van der Waals surface area contributed by atoms with Crippen LogP contribution in [0.15, 0.2) is 48.5 Å². The van der Waals surface area contributed by atoms with Crippen molar-refractivity contribution in [3.63, 3.8) is 0 Å². The zero-order valence-electron chi connectivity index (χ0n) is 13.9. The van der Waals surface area contributed by atoms with Gasteiger partial charge in [-0.2, -0.15) is 0 Å². The molecule has 3 rings (SSSR count). The Morgan fingerprint density at radius 2 is 1.92 bits per heavy atom.